The molecule has 0 fully saturated rings. The summed E-state index contributed by atoms with van der Waals surface area (Å²) in [5.41, 5.74) is 3.60. The van der Waals surface area contributed by atoms with Crippen LogP contribution in [0.25, 0.3) is 0 Å². The highest BCUT2D eigenvalue weighted by Crippen LogP contribution is 2.22. The second-order valence-corrected chi connectivity index (χ2v) is 8.55. The fourth-order valence-corrected chi connectivity index (χ4v) is 3.82. The Labute approximate surface area is 161 Å². The highest BCUT2D eigenvalue weighted by molar-refractivity contribution is 7.89. The smallest absolute Gasteiger partial charge is 0.262 e. The van der Waals surface area contributed by atoms with Gasteiger partial charge in [-0.15, -0.1) is 0 Å². The fourth-order valence-electron chi connectivity index (χ4n) is 2.49. The number of nitrogens with one attached hydrogen (secondary N) is 2. The Bertz CT molecular complexity index is 937. The van der Waals surface area contributed by atoms with Crippen molar-refractivity contribution in [2.75, 3.05) is 11.9 Å². The number of anilines is 1. The van der Waals surface area contributed by atoms with Gasteiger partial charge in [0.1, 0.15) is 5.75 Å². The van der Waals surface area contributed by atoms with Crippen molar-refractivity contribution in [3.05, 3.63) is 53.1 Å². The van der Waals surface area contributed by atoms with Gasteiger partial charge in [0.05, 0.1) is 4.90 Å². The number of ether oxygens (including phenoxy) is 1. The fraction of sp³-hybridized carbons (Fsp3) is 0.350. The lowest BCUT2D eigenvalue weighted by Crippen LogP contribution is -2.30. The molecule has 0 aliphatic rings. The van der Waals surface area contributed by atoms with E-state index in [-0.39, 0.29) is 23.5 Å². The van der Waals surface area contributed by atoms with Gasteiger partial charge in [0.2, 0.25) is 10.0 Å². The second-order valence-electron chi connectivity index (χ2n) is 6.84. The quantitative estimate of drug-likeness (QED) is 0.760. The van der Waals surface area contributed by atoms with Gasteiger partial charge in [-0.05, 0) is 81.6 Å². The van der Waals surface area contributed by atoms with E-state index >= 15 is 0 Å². The first-order chi connectivity index (χ1) is 12.6. The van der Waals surface area contributed by atoms with Gasteiger partial charge in [0.25, 0.3) is 5.91 Å². The van der Waals surface area contributed by atoms with Crippen molar-refractivity contribution >= 4 is 21.6 Å². The molecule has 2 N–H and O–H groups in total. The molecule has 0 bridgehead atoms. The van der Waals surface area contributed by atoms with Crippen LogP contribution in [0.15, 0.2) is 41.3 Å². The zero-order valence-corrected chi connectivity index (χ0v) is 17.1. The number of carbonyl (C=O) groups excluding carboxylic acids is 1. The first-order valence-corrected chi connectivity index (χ1v) is 10.2. The first-order valence-electron chi connectivity index (χ1n) is 8.71. The van der Waals surface area contributed by atoms with Crippen LogP contribution in [-0.2, 0) is 14.8 Å². The van der Waals surface area contributed by atoms with E-state index in [0.717, 1.165) is 11.1 Å². The van der Waals surface area contributed by atoms with Crippen LogP contribution in [0, 0.1) is 20.8 Å². The standard InChI is InChI=1S/C20H26N2O4S/c1-13(2)22-27(24,25)18-8-9-19(16(5)11-18)26-12-20(23)21-17-7-6-14(3)15(4)10-17/h6-11,13,22H,12H2,1-5H3,(H,21,23). The molecule has 1 amide bonds. The molecule has 146 valence electrons. The van der Waals surface area contributed by atoms with Gasteiger partial charge < -0.3 is 10.1 Å². The highest BCUT2D eigenvalue weighted by atomic mass is 32.2. The van der Waals surface area contributed by atoms with Gasteiger partial charge in [0, 0.05) is 11.7 Å². The average Bonchev–Trinajstić information content (AvgIpc) is 2.56. The molecule has 0 heterocycles. The average molecular weight is 391 g/mol. The summed E-state index contributed by atoms with van der Waals surface area (Å²) in [4.78, 5) is 12.3. The number of hydrogen-bond donors (Lipinski definition) is 2. The van der Waals surface area contributed by atoms with Gasteiger partial charge in [0.15, 0.2) is 6.61 Å². The molecule has 0 atom stereocenters. The Morgan fingerprint density at radius 2 is 1.70 bits per heavy atom. The third-order valence-corrected chi connectivity index (χ3v) is 5.65. The number of amides is 1. The topological polar surface area (TPSA) is 84.5 Å². The van der Waals surface area contributed by atoms with Gasteiger partial charge in [-0.1, -0.05) is 6.07 Å². The van der Waals surface area contributed by atoms with Crippen LogP contribution in [0.3, 0.4) is 0 Å². The minimum absolute atomic E-state index is 0.163. The summed E-state index contributed by atoms with van der Waals surface area (Å²) >= 11 is 0. The molecular weight excluding hydrogens is 364 g/mol. The van der Waals surface area contributed by atoms with E-state index < -0.39 is 10.0 Å². The number of rotatable bonds is 7. The van der Waals surface area contributed by atoms with Crippen molar-refractivity contribution in [2.24, 2.45) is 0 Å². The Morgan fingerprint density at radius 3 is 2.30 bits per heavy atom. The number of benzene rings is 2. The monoisotopic (exact) mass is 390 g/mol. The maximum Gasteiger partial charge on any atom is 0.262 e. The van der Waals surface area contributed by atoms with Crippen LogP contribution in [0.4, 0.5) is 5.69 Å². The van der Waals surface area contributed by atoms with E-state index in [0.29, 0.717) is 17.0 Å². The summed E-state index contributed by atoms with van der Waals surface area (Å²) in [6, 6.07) is 10.1. The van der Waals surface area contributed by atoms with Crippen molar-refractivity contribution in [3.63, 3.8) is 0 Å². The predicted octanol–water partition coefficient (Wildman–Crippen LogP) is 3.32. The van der Waals surface area contributed by atoms with Gasteiger partial charge in [-0.2, -0.15) is 0 Å². The van der Waals surface area contributed by atoms with E-state index in [1.807, 2.05) is 32.0 Å². The summed E-state index contributed by atoms with van der Waals surface area (Å²) in [7, 11) is -3.56. The molecule has 0 saturated carbocycles. The minimum atomic E-state index is -3.56. The van der Waals surface area contributed by atoms with Gasteiger partial charge in [-0.3, -0.25) is 4.79 Å². The molecular formula is C20H26N2O4S. The number of hydrogen-bond acceptors (Lipinski definition) is 4. The number of carbonyl (C=O) groups is 1. The molecule has 0 spiro atoms. The van der Waals surface area contributed by atoms with Crippen molar-refractivity contribution in [1.82, 2.24) is 4.72 Å². The Hall–Kier alpha value is -2.38. The lowest BCUT2D eigenvalue weighted by Gasteiger charge is -2.13. The molecule has 2 rings (SSSR count). The van der Waals surface area contributed by atoms with Crippen LogP contribution in [0.5, 0.6) is 5.75 Å². The summed E-state index contributed by atoms with van der Waals surface area (Å²) < 4.78 is 32.5. The van der Waals surface area contributed by atoms with E-state index in [2.05, 4.69) is 10.0 Å². The zero-order valence-electron chi connectivity index (χ0n) is 16.3. The van der Waals surface area contributed by atoms with Crippen molar-refractivity contribution < 1.29 is 17.9 Å². The van der Waals surface area contributed by atoms with Crippen molar-refractivity contribution in [2.45, 2.75) is 45.6 Å². The number of sulfonamides is 1. The van der Waals surface area contributed by atoms with Gasteiger partial charge >= 0.3 is 0 Å². The Balaban J connectivity index is 2.01. The normalized spacial score (nSPS) is 11.5. The molecule has 27 heavy (non-hydrogen) atoms. The summed E-state index contributed by atoms with van der Waals surface area (Å²) in [5, 5.41) is 2.79. The van der Waals surface area contributed by atoms with Crippen molar-refractivity contribution in [3.8, 4) is 5.75 Å². The van der Waals surface area contributed by atoms with E-state index in [9.17, 15) is 13.2 Å². The third-order valence-electron chi connectivity index (χ3n) is 4.00. The van der Waals surface area contributed by atoms with E-state index in [1.54, 1.807) is 26.8 Å². The Morgan fingerprint density at radius 1 is 1.00 bits per heavy atom. The summed E-state index contributed by atoms with van der Waals surface area (Å²) in [6.45, 7) is 9.09. The summed E-state index contributed by atoms with van der Waals surface area (Å²) in [5.74, 6) is 0.185. The van der Waals surface area contributed by atoms with Crippen molar-refractivity contribution in [1.29, 1.82) is 0 Å². The van der Waals surface area contributed by atoms with Gasteiger partial charge in [-0.25, -0.2) is 13.1 Å². The predicted molar refractivity (Wildman–Crippen MR) is 107 cm³/mol. The minimum Gasteiger partial charge on any atom is -0.483 e. The highest BCUT2D eigenvalue weighted by Gasteiger charge is 2.17. The lowest BCUT2D eigenvalue weighted by atomic mass is 10.1. The van der Waals surface area contributed by atoms with E-state index in [1.165, 1.54) is 12.1 Å². The molecule has 6 nitrogen and oxygen atoms in total. The van der Waals surface area contributed by atoms with Crippen LogP contribution < -0.4 is 14.8 Å². The largest absolute Gasteiger partial charge is 0.483 e. The molecule has 0 aromatic heterocycles. The lowest BCUT2D eigenvalue weighted by molar-refractivity contribution is -0.118. The Kier molecular flexibility index (Phi) is 6.62. The van der Waals surface area contributed by atoms with Crippen LogP contribution in [0.1, 0.15) is 30.5 Å². The maximum absolute atomic E-state index is 12.2. The maximum atomic E-state index is 12.2. The molecule has 0 aliphatic heterocycles. The molecule has 2 aromatic carbocycles. The molecule has 2 aromatic rings. The van der Waals surface area contributed by atoms with E-state index in [4.69, 9.17) is 4.74 Å². The van der Waals surface area contributed by atoms with Crippen LogP contribution >= 0.6 is 0 Å². The SMILES string of the molecule is Cc1ccc(NC(=O)COc2ccc(S(=O)(=O)NC(C)C)cc2C)cc1C. The molecule has 0 unspecified atom stereocenters. The molecule has 7 heteroatoms. The summed E-state index contributed by atoms with van der Waals surface area (Å²) in [6.07, 6.45) is 0. The first kappa shape index (κ1) is 20.9. The molecule has 0 aliphatic carbocycles. The third kappa shape index (κ3) is 5.80. The van der Waals surface area contributed by atoms with Crippen LogP contribution in [0.2, 0.25) is 0 Å². The number of aryl methyl sites for hydroxylation is 3. The second kappa shape index (κ2) is 8.54. The zero-order chi connectivity index (χ0) is 20.2. The van der Waals surface area contributed by atoms with Crippen LogP contribution in [-0.4, -0.2) is 27.0 Å². The molecule has 0 saturated heterocycles. The molecule has 0 radical (unpaired) electrons.